The fourth-order valence-corrected chi connectivity index (χ4v) is 2.80. The molecule has 1 fully saturated rings. The van der Waals surface area contributed by atoms with E-state index in [0.717, 1.165) is 24.3 Å². The minimum absolute atomic E-state index is 0.126. The van der Waals surface area contributed by atoms with Gasteiger partial charge in [0, 0.05) is 30.5 Å². The number of hydrogen-bond acceptors (Lipinski definition) is 2. The molecule has 0 aromatic carbocycles. The van der Waals surface area contributed by atoms with Crippen molar-refractivity contribution in [1.29, 1.82) is 0 Å². The summed E-state index contributed by atoms with van der Waals surface area (Å²) < 4.78 is 8.84. The predicted octanol–water partition coefficient (Wildman–Crippen LogP) is 3.80. The summed E-state index contributed by atoms with van der Waals surface area (Å²) in [7, 11) is 0. The molecule has 1 aromatic rings. The fourth-order valence-electron chi connectivity index (χ4n) is 2.55. The Labute approximate surface area is 115 Å². The number of imidazole rings is 1. The van der Waals surface area contributed by atoms with Crippen molar-refractivity contribution < 1.29 is 4.74 Å². The summed E-state index contributed by atoms with van der Waals surface area (Å²) in [5.41, 5.74) is 1.41. The van der Waals surface area contributed by atoms with Gasteiger partial charge in [-0.3, -0.25) is 0 Å². The Morgan fingerprint density at radius 3 is 2.83 bits per heavy atom. The Morgan fingerprint density at radius 2 is 2.22 bits per heavy atom. The van der Waals surface area contributed by atoms with Gasteiger partial charge in [-0.2, -0.15) is 0 Å². The van der Waals surface area contributed by atoms with E-state index in [-0.39, 0.29) is 5.41 Å². The van der Waals surface area contributed by atoms with Crippen LogP contribution < -0.4 is 0 Å². The van der Waals surface area contributed by atoms with Gasteiger partial charge in [-0.25, -0.2) is 0 Å². The van der Waals surface area contributed by atoms with Crippen molar-refractivity contribution in [3.8, 4) is 0 Å². The highest BCUT2D eigenvalue weighted by Crippen LogP contribution is 2.23. The zero-order chi connectivity index (χ0) is 13.2. The number of aromatic amines is 1. The largest absolute Gasteiger partial charge is 0.378 e. The van der Waals surface area contributed by atoms with Crippen LogP contribution in [-0.2, 0) is 16.7 Å². The van der Waals surface area contributed by atoms with Crippen LogP contribution in [0.5, 0.6) is 0 Å². The molecule has 0 amide bonds. The Balaban J connectivity index is 2.04. The molecule has 0 radical (unpaired) electrons. The minimum atomic E-state index is 0.126. The van der Waals surface area contributed by atoms with Crippen LogP contribution in [0, 0.1) is 4.77 Å². The van der Waals surface area contributed by atoms with Crippen molar-refractivity contribution in [2.24, 2.45) is 0 Å². The van der Waals surface area contributed by atoms with Gasteiger partial charge >= 0.3 is 0 Å². The summed E-state index contributed by atoms with van der Waals surface area (Å²) in [6.45, 7) is 8.55. The molecule has 1 aliphatic heterocycles. The van der Waals surface area contributed by atoms with Crippen molar-refractivity contribution in [3.63, 3.8) is 0 Å². The monoisotopic (exact) mass is 268 g/mol. The number of nitrogens with one attached hydrogen (secondary N) is 1. The maximum Gasteiger partial charge on any atom is 0.177 e. The van der Waals surface area contributed by atoms with Crippen LogP contribution in [0.4, 0.5) is 0 Å². The SMILES string of the molecule is CC(C)(C)c1c[nH]c(=S)n1CCC1CCCCO1. The standard InChI is InChI=1S/C14H24N2OS/c1-14(2,3)12-10-15-13(18)16(12)8-7-11-6-4-5-9-17-11/h10-11H,4-9H2,1-3H3,(H,15,18). The highest BCUT2D eigenvalue weighted by molar-refractivity contribution is 7.71. The second-order valence-corrected chi connectivity index (χ2v) is 6.54. The van der Waals surface area contributed by atoms with E-state index in [1.54, 1.807) is 0 Å². The smallest absolute Gasteiger partial charge is 0.177 e. The summed E-state index contributed by atoms with van der Waals surface area (Å²) in [6.07, 6.45) is 7.24. The molecule has 1 N–H and O–H groups in total. The molecule has 1 unspecified atom stereocenters. The van der Waals surface area contributed by atoms with Crippen LogP contribution in [0.2, 0.25) is 0 Å². The molecule has 1 aliphatic rings. The average Bonchev–Trinajstić information content (AvgIpc) is 2.69. The third kappa shape index (κ3) is 3.23. The molecule has 0 saturated carbocycles. The summed E-state index contributed by atoms with van der Waals surface area (Å²) in [5.74, 6) is 0. The molecular weight excluding hydrogens is 244 g/mol. The molecule has 1 aromatic heterocycles. The van der Waals surface area contributed by atoms with Crippen molar-refractivity contribution in [3.05, 3.63) is 16.7 Å². The molecule has 18 heavy (non-hydrogen) atoms. The van der Waals surface area contributed by atoms with E-state index in [0.29, 0.717) is 6.10 Å². The lowest BCUT2D eigenvalue weighted by Crippen LogP contribution is -2.23. The van der Waals surface area contributed by atoms with E-state index in [4.69, 9.17) is 17.0 Å². The topological polar surface area (TPSA) is 29.9 Å². The zero-order valence-corrected chi connectivity index (χ0v) is 12.5. The lowest BCUT2D eigenvalue weighted by Gasteiger charge is -2.25. The molecule has 0 bridgehead atoms. The molecule has 0 aliphatic carbocycles. The number of rotatable bonds is 3. The number of ether oxygens (including phenoxy) is 1. The van der Waals surface area contributed by atoms with Crippen molar-refractivity contribution in [2.75, 3.05) is 6.61 Å². The number of H-pyrrole nitrogens is 1. The Morgan fingerprint density at radius 1 is 1.44 bits per heavy atom. The van der Waals surface area contributed by atoms with Gasteiger partial charge < -0.3 is 14.3 Å². The molecule has 1 saturated heterocycles. The van der Waals surface area contributed by atoms with Gasteiger partial charge in [0.2, 0.25) is 0 Å². The second-order valence-electron chi connectivity index (χ2n) is 6.16. The Kier molecular flexibility index (Phi) is 4.28. The zero-order valence-electron chi connectivity index (χ0n) is 11.7. The summed E-state index contributed by atoms with van der Waals surface area (Å²) >= 11 is 5.38. The first kappa shape index (κ1) is 13.8. The van der Waals surface area contributed by atoms with Crippen LogP contribution in [0.25, 0.3) is 0 Å². The molecule has 2 rings (SSSR count). The molecular formula is C14H24N2OS. The van der Waals surface area contributed by atoms with Crippen LogP contribution in [0.15, 0.2) is 6.20 Å². The van der Waals surface area contributed by atoms with Crippen LogP contribution >= 0.6 is 12.2 Å². The van der Waals surface area contributed by atoms with E-state index >= 15 is 0 Å². The number of nitrogens with zero attached hydrogens (tertiary/aromatic N) is 1. The van der Waals surface area contributed by atoms with E-state index in [2.05, 4.69) is 30.3 Å². The lowest BCUT2D eigenvalue weighted by molar-refractivity contribution is 0.00855. The quantitative estimate of drug-likeness (QED) is 0.845. The highest BCUT2D eigenvalue weighted by Gasteiger charge is 2.20. The van der Waals surface area contributed by atoms with Gasteiger partial charge in [-0.1, -0.05) is 20.8 Å². The highest BCUT2D eigenvalue weighted by atomic mass is 32.1. The molecule has 102 valence electrons. The first-order valence-corrected chi connectivity index (χ1v) is 7.29. The molecule has 0 spiro atoms. The normalized spacial score (nSPS) is 21.2. The first-order valence-electron chi connectivity index (χ1n) is 6.89. The van der Waals surface area contributed by atoms with Crippen LogP contribution in [0.3, 0.4) is 0 Å². The first-order chi connectivity index (χ1) is 8.48. The van der Waals surface area contributed by atoms with Gasteiger partial charge in [-0.05, 0) is 37.9 Å². The van der Waals surface area contributed by atoms with Crippen LogP contribution in [0.1, 0.15) is 52.1 Å². The number of aromatic nitrogens is 2. The van der Waals surface area contributed by atoms with E-state index in [1.807, 2.05) is 6.20 Å². The summed E-state index contributed by atoms with van der Waals surface area (Å²) in [5, 5.41) is 0. The van der Waals surface area contributed by atoms with Crippen molar-refractivity contribution in [1.82, 2.24) is 9.55 Å². The minimum Gasteiger partial charge on any atom is -0.378 e. The summed E-state index contributed by atoms with van der Waals surface area (Å²) in [4.78, 5) is 3.17. The van der Waals surface area contributed by atoms with Crippen molar-refractivity contribution in [2.45, 2.75) is 64.5 Å². The van der Waals surface area contributed by atoms with E-state index in [9.17, 15) is 0 Å². The van der Waals surface area contributed by atoms with Gasteiger partial charge in [0.15, 0.2) is 4.77 Å². The lowest BCUT2D eigenvalue weighted by atomic mass is 9.92. The van der Waals surface area contributed by atoms with Gasteiger partial charge in [-0.15, -0.1) is 0 Å². The number of hydrogen-bond donors (Lipinski definition) is 1. The Bertz CT molecular complexity index is 435. The van der Waals surface area contributed by atoms with Gasteiger partial charge in [0.1, 0.15) is 0 Å². The predicted molar refractivity (Wildman–Crippen MR) is 76.5 cm³/mol. The third-order valence-corrected chi connectivity index (χ3v) is 3.92. The second kappa shape index (κ2) is 5.57. The van der Waals surface area contributed by atoms with E-state index < -0.39 is 0 Å². The average molecular weight is 268 g/mol. The maximum atomic E-state index is 5.78. The van der Waals surface area contributed by atoms with Crippen molar-refractivity contribution >= 4 is 12.2 Å². The fraction of sp³-hybridized carbons (Fsp3) is 0.786. The summed E-state index contributed by atoms with van der Waals surface area (Å²) in [6, 6.07) is 0. The van der Waals surface area contributed by atoms with Gasteiger partial charge in [0.25, 0.3) is 0 Å². The Hall–Kier alpha value is -0.610. The third-order valence-electron chi connectivity index (χ3n) is 3.59. The molecule has 4 heteroatoms. The molecule has 1 atom stereocenters. The molecule has 3 nitrogen and oxygen atoms in total. The van der Waals surface area contributed by atoms with E-state index in [1.165, 1.54) is 25.0 Å². The van der Waals surface area contributed by atoms with Crippen LogP contribution in [-0.4, -0.2) is 22.3 Å². The maximum absolute atomic E-state index is 5.78. The van der Waals surface area contributed by atoms with Gasteiger partial charge in [0.05, 0.1) is 6.10 Å². The molecule has 2 heterocycles.